The van der Waals surface area contributed by atoms with Gasteiger partial charge in [-0.15, -0.1) is 54.1 Å². The van der Waals surface area contributed by atoms with E-state index < -0.39 is 8.07 Å². The van der Waals surface area contributed by atoms with E-state index in [1.54, 1.807) is 12.4 Å². The van der Waals surface area contributed by atoms with E-state index in [1.807, 2.05) is 66.7 Å². The predicted octanol–water partition coefficient (Wildman–Crippen LogP) is 7.54. The first-order valence-corrected chi connectivity index (χ1v) is 15.2. The third-order valence-electron chi connectivity index (χ3n) is 5.87. The Morgan fingerprint density at radius 3 is 2.06 bits per heavy atom. The standard InChI is InChI=1S/C20H18NOSi.C11H8N.Ir/c1-23(2,3)14-10-11-19-17(13-14)15-7-6-8-16(20(15)22-19)18-9-4-5-12-21-18;1-2-6-10(7-3-1)11-8-4-5-9-12-11;/h4-7,9-13H,1-3H3;1-6,8-9H;/q2*-1;. The summed E-state index contributed by atoms with van der Waals surface area (Å²) in [5.41, 5.74) is 5.63. The number of aromatic nitrogens is 2. The summed E-state index contributed by atoms with van der Waals surface area (Å²) in [7, 11) is -1.35. The number of fused-ring (bicyclic) bond motifs is 3. The molecule has 3 aromatic heterocycles. The fourth-order valence-corrected chi connectivity index (χ4v) is 5.14. The Balaban J connectivity index is 0.000000198. The van der Waals surface area contributed by atoms with Crippen LogP contribution in [0, 0.1) is 12.1 Å². The van der Waals surface area contributed by atoms with E-state index in [4.69, 9.17) is 4.42 Å². The van der Waals surface area contributed by atoms with Crippen LogP contribution < -0.4 is 5.19 Å². The van der Waals surface area contributed by atoms with Crippen LogP contribution in [0.15, 0.2) is 108 Å². The molecule has 0 atom stereocenters. The molecule has 0 aliphatic carbocycles. The monoisotopic (exact) mass is 663 g/mol. The topological polar surface area (TPSA) is 38.9 Å². The van der Waals surface area contributed by atoms with Crippen molar-refractivity contribution in [1.82, 2.24) is 9.97 Å². The van der Waals surface area contributed by atoms with Gasteiger partial charge in [-0.05, 0) is 29.6 Å². The van der Waals surface area contributed by atoms with Gasteiger partial charge in [-0.25, -0.2) is 0 Å². The number of pyridine rings is 2. The summed E-state index contributed by atoms with van der Waals surface area (Å²) in [6.07, 6.45) is 3.59. The fourth-order valence-electron chi connectivity index (χ4n) is 3.98. The Morgan fingerprint density at radius 1 is 0.694 bits per heavy atom. The molecule has 0 N–H and O–H groups in total. The van der Waals surface area contributed by atoms with Crippen molar-refractivity contribution in [3.05, 3.63) is 116 Å². The maximum absolute atomic E-state index is 6.15. The van der Waals surface area contributed by atoms with Crippen LogP contribution in [0.5, 0.6) is 0 Å². The van der Waals surface area contributed by atoms with Crippen LogP contribution in [-0.4, -0.2) is 18.0 Å². The molecule has 0 bridgehead atoms. The second-order valence-electron chi connectivity index (χ2n) is 9.36. The first-order valence-electron chi connectivity index (χ1n) is 11.7. The van der Waals surface area contributed by atoms with Gasteiger partial charge in [0.15, 0.2) is 0 Å². The van der Waals surface area contributed by atoms with Gasteiger partial charge < -0.3 is 14.4 Å². The second kappa shape index (κ2) is 11.1. The first-order chi connectivity index (χ1) is 17.0. The van der Waals surface area contributed by atoms with Crippen LogP contribution in [0.1, 0.15) is 0 Å². The van der Waals surface area contributed by atoms with Gasteiger partial charge >= 0.3 is 0 Å². The molecule has 0 amide bonds. The number of benzene rings is 3. The van der Waals surface area contributed by atoms with E-state index in [9.17, 15) is 0 Å². The van der Waals surface area contributed by atoms with E-state index in [0.717, 1.165) is 39.1 Å². The van der Waals surface area contributed by atoms with E-state index in [1.165, 1.54) is 10.6 Å². The predicted molar refractivity (Wildman–Crippen MR) is 147 cm³/mol. The van der Waals surface area contributed by atoms with Gasteiger partial charge in [0.2, 0.25) is 0 Å². The molecule has 0 saturated carbocycles. The first kappa shape index (κ1) is 25.7. The molecule has 6 rings (SSSR count). The number of furan rings is 1. The van der Waals surface area contributed by atoms with Crippen LogP contribution in [-0.2, 0) is 20.1 Å². The van der Waals surface area contributed by atoms with Crippen LogP contribution >= 0.6 is 0 Å². The van der Waals surface area contributed by atoms with Crippen LogP contribution in [0.25, 0.3) is 44.5 Å². The Labute approximate surface area is 226 Å². The Bertz CT molecular complexity index is 1520. The van der Waals surface area contributed by atoms with Gasteiger partial charge in [0, 0.05) is 37.9 Å². The summed E-state index contributed by atoms with van der Waals surface area (Å²) in [6, 6.07) is 36.7. The molecule has 3 nitrogen and oxygen atoms in total. The van der Waals surface area contributed by atoms with Crippen molar-refractivity contribution in [2.45, 2.75) is 19.6 Å². The summed E-state index contributed by atoms with van der Waals surface area (Å²) in [5, 5.41) is 3.77. The smallest absolute Gasteiger partial charge is 0.120 e. The van der Waals surface area contributed by atoms with E-state index in [0.29, 0.717) is 0 Å². The maximum atomic E-state index is 6.15. The van der Waals surface area contributed by atoms with Gasteiger partial charge in [0.05, 0.1) is 13.7 Å². The van der Waals surface area contributed by atoms with Crippen molar-refractivity contribution in [3.63, 3.8) is 0 Å². The third-order valence-corrected chi connectivity index (χ3v) is 7.91. The molecule has 0 aliphatic heterocycles. The van der Waals surface area contributed by atoms with E-state index in [-0.39, 0.29) is 20.1 Å². The third kappa shape index (κ3) is 5.54. The summed E-state index contributed by atoms with van der Waals surface area (Å²) >= 11 is 0. The molecule has 1 radical (unpaired) electrons. The average molecular weight is 663 g/mol. The van der Waals surface area contributed by atoms with Gasteiger partial charge in [-0.2, -0.15) is 0 Å². The summed E-state index contributed by atoms with van der Waals surface area (Å²) in [6.45, 7) is 7.09. The van der Waals surface area contributed by atoms with Gasteiger partial charge in [0.25, 0.3) is 0 Å². The van der Waals surface area contributed by atoms with Crippen molar-refractivity contribution >= 4 is 35.2 Å². The normalized spacial score (nSPS) is 11.0. The number of hydrogen-bond donors (Lipinski definition) is 0. The van der Waals surface area contributed by atoms with Gasteiger partial charge in [0.1, 0.15) is 5.58 Å². The molecular formula is C31H26IrN2OSi-2. The molecule has 36 heavy (non-hydrogen) atoms. The van der Waals surface area contributed by atoms with Crippen molar-refractivity contribution in [1.29, 1.82) is 0 Å². The number of nitrogens with zero attached hydrogens (tertiary/aromatic N) is 2. The van der Waals surface area contributed by atoms with Crippen molar-refractivity contribution < 1.29 is 24.5 Å². The second-order valence-corrected chi connectivity index (χ2v) is 14.4. The molecule has 3 aromatic carbocycles. The number of hydrogen-bond acceptors (Lipinski definition) is 3. The molecule has 0 saturated heterocycles. The van der Waals surface area contributed by atoms with Gasteiger partial charge in [-0.1, -0.05) is 72.2 Å². The zero-order chi connectivity index (χ0) is 24.3. The summed E-state index contributed by atoms with van der Waals surface area (Å²) in [4.78, 5) is 8.66. The maximum Gasteiger partial charge on any atom is 0.120 e. The zero-order valence-electron chi connectivity index (χ0n) is 20.5. The fraction of sp³-hybridized carbons (Fsp3) is 0.0968. The van der Waals surface area contributed by atoms with Gasteiger partial charge in [-0.3, -0.25) is 0 Å². The zero-order valence-corrected chi connectivity index (χ0v) is 23.8. The Kier molecular flexibility index (Phi) is 7.95. The molecule has 181 valence electrons. The SMILES string of the molecule is C[Si](C)(C)c1ccc2oc3c(-c4ccccn4)[c-]ccc3c2c1.[Ir].[c-]1ccccc1-c1ccccn1. The molecule has 0 aliphatic rings. The molecule has 3 heterocycles. The van der Waals surface area contributed by atoms with Crippen LogP contribution in [0.2, 0.25) is 19.6 Å². The summed E-state index contributed by atoms with van der Waals surface area (Å²) in [5.74, 6) is 0. The largest absolute Gasteiger partial charge is 0.501 e. The minimum absolute atomic E-state index is 0. The summed E-state index contributed by atoms with van der Waals surface area (Å²) < 4.78 is 6.15. The van der Waals surface area contributed by atoms with E-state index in [2.05, 4.69) is 66.0 Å². The van der Waals surface area contributed by atoms with Crippen LogP contribution in [0.3, 0.4) is 0 Å². The quantitative estimate of drug-likeness (QED) is 0.145. The minimum atomic E-state index is -1.35. The molecule has 5 heteroatoms. The van der Waals surface area contributed by atoms with Crippen molar-refractivity contribution in [2.24, 2.45) is 0 Å². The van der Waals surface area contributed by atoms with Crippen LogP contribution in [0.4, 0.5) is 0 Å². The average Bonchev–Trinajstić information content (AvgIpc) is 3.28. The molecule has 0 spiro atoms. The Hall–Kier alpha value is -3.37. The Morgan fingerprint density at radius 2 is 1.42 bits per heavy atom. The van der Waals surface area contributed by atoms with E-state index >= 15 is 0 Å². The molecule has 6 aromatic rings. The van der Waals surface area contributed by atoms with Crippen molar-refractivity contribution in [2.75, 3.05) is 0 Å². The van der Waals surface area contributed by atoms with Crippen molar-refractivity contribution in [3.8, 4) is 22.5 Å². The molecule has 0 unspecified atom stereocenters. The molecular weight excluding hydrogens is 637 g/mol. The molecule has 0 fully saturated rings. The number of rotatable bonds is 3. The minimum Gasteiger partial charge on any atom is -0.501 e.